The van der Waals surface area contributed by atoms with Crippen molar-refractivity contribution in [1.29, 1.82) is 0 Å². The summed E-state index contributed by atoms with van der Waals surface area (Å²) in [5, 5.41) is 15.5. The van der Waals surface area contributed by atoms with Crippen LogP contribution in [0.5, 0.6) is 0 Å². The van der Waals surface area contributed by atoms with Crippen LogP contribution in [0.2, 0.25) is 0 Å². The van der Waals surface area contributed by atoms with Crippen molar-refractivity contribution < 1.29 is 48.1 Å². The van der Waals surface area contributed by atoms with Crippen molar-refractivity contribution in [2.24, 2.45) is 23.7 Å². The molecule has 1 fully saturated rings. The van der Waals surface area contributed by atoms with Gasteiger partial charge in [-0.2, -0.15) is 0 Å². The number of rotatable bonds is 21. The molecule has 334 valence electrons. The summed E-state index contributed by atoms with van der Waals surface area (Å²) in [7, 11) is 6.15. The van der Waals surface area contributed by atoms with E-state index in [0.717, 1.165) is 5.56 Å². The van der Waals surface area contributed by atoms with E-state index < -0.39 is 77.8 Å². The molecule has 0 spiro atoms. The van der Waals surface area contributed by atoms with Crippen LogP contribution in [0.25, 0.3) is 0 Å². The molecule has 0 aromatic heterocycles. The molecule has 1 aliphatic heterocycles. The van der Waals surface area contributed by atoms with Crippen LogP contribution in [-0.4, -0.2) is 138 Å². The molecule has 1 aliphatic rings. The van der Waals surface area contributed by atoms with Gasteiger partial charge < -0.3 is 39.8 Å². The second-order valence-electron chi connectivity index (χ2n) is 17.7. The molecule has 0 bridgehead atoms. The topological polar surface area (TPSA) is 184 Å². The van der Waals surface area contributed by atoms with Gasteiger partial charge in [0, 0.05) is 41.3 Å². The fourth-order valence-corrected chi connectivity index (χ4v) is 8.00. The van der Waals surface area contributed by atoms with Crippen molar-refractivity contribution in [1.82, 2.24) is 25.3 Å². The number of amides is 5. The van der Waals surface area contributed by atoms with Gasteiger partial charge in [0.25, 0.3) is 0 Å². The van der Waals surface area contributed by atoms with E-state index >= 15 is 0 Å². The highest BCUT2D eigenvalue weighted by Gasteiger charge is 2.44. The molecule has 9 atom stereocenters. The van der Waals surface area contributed by atoms with E-state index in [9.17, 15) is 33.9 Å². The Hall–Kier alpha value is -4.24. The Morgan fingerprint density at radius 3 is 1.98 bits per heavy atom. The standard InChI is InChI=1S/C44H73N5O10/c1-15-28(6)37(47(11)41(53)35(26(2)3)46-40(52)36(27(4)5)48(12)43(56)59-44(8,9)10)33(57-13)25-34(50)49-23-19-22-32(49)38(58-14)29(7)39(51)45-31(42(54)55)24-30-20-17-16-18-21-30/h16-18,20-21,26-29,31-33,35-38H,15,19,22-25H2,1-14H3,(H,45,51)(H,46,52)(H,54,55)/t28-,29+,31-,32-,33+,35-,36-,37?,38+/m0/s1. The third-order valence-corrected chi connectivity index (χ3v) is 11.4. The zero-order valence-corrected chi connectivity index (χ0v) is 37.9. The Bertz CT molecular complexity index is 1550. The lowest BCUT2D eigenvalue weighted by atomic mass is 9.89. The van der Waals surface area contributed by atoms with Crippen molar-refractivity contribution in [3.63, 3.8) is 0 Å². The van der Waals surface area contributed by atoms with E-state index in [-0.39, 0.29) is 42.4 Å². The van der Waals surface area contributed by atoms with Crippen molar-refractivity contribution in [2.75, 3.05) is 34.9 Å². The van der Waals surface area contributed by atoms with E-state index in [2.05, 4.69) is 10.6 Å². The smallest absolute Gasteiger partial charge is 0.410 e. The summed E-state index contributed by atoms with van der Waals surface area (Å²) in [6.07, 6.45) is -0.132. The van der Waals surface area contributed by atoms with Gasteiger partial charge in [-0.25, -0.2) is 9.59 Å². The first-order valence-electron chi connectivity index (χ1n) is 21.0. The summed E-state index contributed by atoms with van der Waals surface area (Å²) in [6.45, 7) is 18.6. The Balaban J connectivity index is 2.30. The number of carbonyl (C=O) groups excluding carboxylic acids is 5. The zero-order valence-electron chi connectivity index (χ0n) is 37.9. The number of likely N-dealkylation sites (N-methyl/N-ethyl adjacent to an activating group) is 2. The highest BCUT2D eigenvalue weighted by atomic mass is 16.6. The summed E-state index contributed by atoms with van der Waals surface area (Å²) in [6, 6.07) is 5.02. The van der Waals surface area contributed by atoms with Crippen molar-refractivity contribution in [3.8, 4) is 0 Å². The van der Waals surface area contributed by atoms with Crippen LogP contribution in [-0.2, 0) is 44.6 Å². The third-order valence-electron chi connectivity index (χ3n) is 11.4. The van der Waals surface area contributed by atoms with Crippen molar-refractivity contribution in [3.05, 3.63) is 35.9 Å². The Morgan fingerprint density at radius 1 is 0.881 bits per heavy atom. The second kappa shape index (κ2) is 22.9. The Morgan fingerprint density at radius 2 is 1.49 bits per heavy atom. The minimum Gasteiger partial charge on any atom is -0.480 e. The zero-order chi connectivity index (χ0) is 44.9. The molecule has 5 amide bonds. The second-order valence-corrected chi connectivity index (χ2v) is 17.7. The first-order chi connectivity index (χ1) is 27.5. The highest BCUT2D eigenvalue weighted by molar-refractivity contribution is 5.92. The fourth-order valence-electron chi connectivity index (χ4n) is 8.00. The van der Waals surface area contributed by atoms with Gasteiger partial charge in [-0.15, -0.1) is 0 Å². The van der Waals surface area contributed by atoms with E-state index in [0.29, 0.717) is 25.8 Å². The van der Waals surface area contributed by atoms with Gasteiger partial charge in [-0.05, 0) is 56.9 Å². The molecule has 1 saturated heterocycles. The first kappa shape index (κ1) is 50.9. The van der Waals surface area contributed by atoms with E-state index in [4.69, 9.17) is 14.2 Å². The SMILES string of the molecule is CC[C@H](C)C([C@@H](CC(=O)N1CCC[C@H]1[C@H](OC)[C@@H](C)C(=O)N[C@@H](Cc1ccccc1)C(=O)O)OC)N(C)C(=O)[C@@H](NC(=O)[C@H](C(C)C)N(C)C(=O)OC(C)(C)C)C(C)C. The van der Waals surface area contributed by atoms with Crippen LogP contribution in [0, 0.1) is 23.7 Å². The summed E-state index contributed by atoms with van der Waals surface area (Å²) >= 11 is 0. The van der Waals surface area contributed by atoms with Gasteiger partial charge in [0.1, 0.15) is 23.7 Å². The largest absolute Gasteiger partial charge is 0.480 e. The molecular formula is C44H73N5O10. The normalized spacial score (nSPS) is 18.5. The summed E-state index contributed by atoms with van der Waals surface area (Å²) < 4.78 is 17.4. The summed E-state index contributed by atoms with van der Waals surface area (Å²) in [5.41, 5.74) is 0.00542. The summed E-state index contributed by atoms with van der Waals surface area (Å²) in [4.78, 5) is 85.7. The van der Waals surface area contributed by atoms with Gasteiger partial charge in [0.2, 0.25) is 23.6 Å². The van der Waals surface area contributed by atoms with Gasteiger partial charge in [0.05, 0.1) is 36.6 Å². The third kappa shape index (κ3) is 14.2. The fraction of sp³-hybridized carbons (Fsp3) is 0.727. The maximum absolute atomic E-state index is 14.4. The predicted molar refractivity (Wildman–Crippen MR) is 225 cm³/mol. The molecule has 15 nitrogen and oxygen atoms in total. The molecule has 1 aromatic rings. The van der Waals surface area contributed by atoms with Crippen LogP contribution in [0.15, 0.2) is 30.3 Å². The number of likely N-dealkylation sites (tertiary alicyclic amines) is 1. The highest BCUT2D eigenvalue weighted by Crippen LogP contribution is 2.30. The van der Waals surface area contributed by atoms with E-state index in [1.165, 1.54) is 26.2 Å². The van der Waals surface area contributed by atoms with Gasteiger partial charge >= 0.3 is 12.1 Å². The van der Waals surface area contributed by atoms with E-state index in [1.54, 1.807) is 56.7 Å². The molecule has 15 heteroatoms. The maximum atomic E-state index is 14.4. The molecule has 3 N–H and O–H groups in total. The molecule has 0 saturated carbocycles. The number of nitrogens with zero attached hydrogens (tertiary/aromatic N) is 3. The van der Waals surface area contributed by atoms with Crippen molar-refractivity contribution in [2.45, 2.75) is 149 Å². The van der Waals surface area contributed by atoms with E-state index in [1.807, 2.05) is 59.7 Å². The number of hydrogen-bond acceptors (Lipinski definition) is 9. The molecule has 1 heterocycles. The minimum absolute atomic E-state index is 0.0659. The molecular weight excluding hydrogens is 759 g/mol. The van der Waals surface area contributed by atoms with Crippen LogP contribution in [0.3, 0.4) is 0 Å². The monoisotopic (exact) mass is 832 g/mol. The van der Waals surface area contributed by atoms with Gasteiger partial charge in [-0.1, -0.05) is 85.2 Å². The lowest BCUT2D eigenvalue weighted by Crippen LogP contribution is -2.60. The number of benzene rings is 1. The number of methoxy groups -OCH3 is 2. The lowest BCUT2D eigenvalue weighted by molar-refractivity contribution is -0.148. The molecule has 0 aliphatic carbocycles. The van der Waals surface area contributed by atoms with Crippen LogP contribution in [0.4, 0.5) is 4.79 Å². The van der Waals surface area contributed by atoms with Crippen LogP contribution < -0.4 is 10.6 Å². The molecule has 59 heavy (non-hydrogen) atoms. The number of nitrogens with one attached hydrogen (secondary N) is 2. The first-order valence-corrected chi connectivity index (χ1v) is 21.0. The number of hydrogen-bond donors (Lipinski definition) is 3. The maximum Gasteiger partial charge on any atom is 0.410 e. The number of aliphatic carboxylic acids is 1. The molecule has 0 radical (unpaired) electrons. The number of carboxylic acids is 1. The summed E-state index contributed by atoms with van der Waals surface area (Å²) in [5.74, 6) is -4.24. The van der Waals surface area contributed by atoms with Crippen molar-refractivity contribution >= 4 is 35.7 Å². The predicted octanol–water partition coefficient (Wildman–Crippen LogP) is 4.75. The Labute approximate surface area is 352 Å². The molecule has 1 unspecified atom stereocenters. The van der Waals surface area contributed by atoms with Gasteiger partial charge in [-0.3, -0.25) is 24.1 Å². The average molecular weight is 832 g/mol. The number of ether oxygens (including phenoxy) is 3. The average Bonchev–Trinajstić information content (AvgIpc) is 3.65. The minimum atomic E-state index is -1.15. The molecule has 2 rings (SSSR count). The lowest BCUT2D eigenvalue weighted by Gasteiger charge is -2.41. The van der Waals surface area contributed by atoms with Crippen LogP contribution in [0.1, 0.15) is 100 Å². The quantitative estimate of drug-likeness (QED) is 0.156. The van der Waals surface area contributed by atoms with Crippen LogP contribution >= 0.6 is 0 Å². The number of carboxylic acid groups (broad SMARTS) is 1. The molecule has 1 aromatic carbocycles. The Kier molecular flexibility index (Phi) is 19.8. The van der Waals surface area contributed by atoms with Gasteiger partial charge in [0.15, 0.2) is 0 Å². The number of carbonyl (C=O) groups is 6.